The molecule has 1 unspecified atom stereocenters. The standard InChI is InChI=1S/C33H45NO4.ClH.H2/c1-7-26(8-2)38-32-21-34-22(3)23(18-30(34)28-12-9-10-13-29(28)32)19-31(36)24-16-25(33(4,5)6)20-27(17-24)37-15-11-14-35;;/h16-18,20-21,23,26,35H,3,7-15,19H2,1-2,4-6H3;2*1H. The highest BCUT2D eigenvalue weighted by molar-refractivity contribution is 5.97. The van der Waals surface area contributed by atoms with Gasteiger partial charge in [0.2, 0.25) is 0 Å². The minimum Gasteiger partial charge on any atom is -0.493 e. The first-order valence-corrected chi connectivity index (χ1v) is 14.4. The van der Waals surface area contributed by atoms with Crippen LogP contribution in [-0.2, 0) is 10.2 Å². The minimum absolute atomic E-state index is 0. The number of aliphatic hydroxyl groups is 1. The number of allylic oxidation sites excluding steroid dienone is 3. The molecular formula is C33H48ClNO4. The predicted octanol–water partition coefficient (Wildman–Crippen LogP) is 8.25. The molecule has 6 heteroatoms. The second-order valence-corrected chi connectivity index (χ2v) is 11.8. The van der Waals surface area contributed by atoms with Gasteiger partial charge in [0.25, 0.3) is 0 Å². The highest BCUT2D eigenvalue weighted by atomic mass is 35.5. The van der Waals surface area contributed by atoms with Crippen LogP contribution < -0.4 is 4.74 Å². The van der Waals surface area contributed by atoms with Crippen LogP contribution in [0.2, 0.25) is 0 Å². The third-order valence-electron chi connectivity index (χ3n) is 7.95. The molecule has 4 rings (SSSR count). The van der Waals surface area contributed by atoms with Gasteiger partial charge in [-0.2, -0.15) is 0 Å². The number of nitrogens with zero attached hydrogens (tertiary/aromatic N) is 1. The molecule has 1 atom stereocenters. The van der Waals surface area contributed by atoms with Crippen molar-refractivity contribution < 1.29 is 20.8 Å². The summed E-state index contributed by atoms with van der Waals surface area (Å²) < 4.78 is 12.4. The molecule has 1 N–H and O–H groups in total. The van der Waals surface area contributed by atoms with Crippen molar-refractivity contribution in [3.8, 4) is 5.75 Å². The van der Waals surface area contributed by atoms with Gasteiger partial charge in [0.1, 0.15) is 11.5 Å². The molecule has 1 aliphatic carbocycles. The lowest BCUT2D eigenvalue weighted by Gasteiger charge is -2.34. The van der Waals surface area contributed by atoms with E-state index >= 15 is 0 Å². The van der Waals surface area contributed by atoms with E-state index in [4.69, 9.17) is 14.6 Å². The van der Waals surface area contributed by atoms with Gasteiger partial charge in [-0.1, -0.05) is 47.3 Å². The number of carbonyl (C=O) groups is 1. The normalized spacial score (nSPS) is 18.8. The van der Waals surface area contributed by atoms with Gasteiger partial charge in [-0.3, -0.25) is 4.79 Å². The van der Waals surface area contributed by atoms with Crippen LogP contribution in [-0.4, -0.2) is 35.1 Å². The molecule has 2 aliphatic heterocycles. The summed E-state index contributed by atoms with van der Waals surface area (Å²) in [6, 6.07) is 5.85. The second-order valence-electron chi connectivity index (χ2n) is 11.8. The van der Waals surface area contributed by atoms with Crippen LogP contribution in [0.4, 0.5) is 0 Å². The van der Waals surface area contributed by atoms with Crippen LogP contribution in [0.5, 0.6) is 5.75 Å². The van der Waals surface area contributed by atoms with E-state index in [-0.39, 0.29) is 43.7 Å². The molecule has 0 amide bonds. The quantitative estimate of drug-likeness (QED) is 0.219. The van der Waals surface area contributed by atoms with Crippen LogP contribution in [0.15, 0.2) is 65.4 Å². The Morgan fingerprint density at radius 3 is 2.49 bits per heavy atom. The van der Waals surface area contributed by atoms with Crippen molar-refractivity contribution in [2.75, 3.05) is 13.2 Å². The van der Waals surface area contributed by atoms with E-state index in [0.717, 1.165) is 42.7 Å². The van der Waals surface area contributed by atoms with Crippen LogP contribution in [0.1, 0.15) is 103 Å². The number of benzene rings is 1. The molecule has 0 radical (unpaired) electrons. The lowest BCUT2D eigenvalue weighted by Crippen LogP contribution is -2.24. The van der Waals surface area contributed by atoms with Gasteiger partial charge in [-0.25, -0.2) is 0 Å². The Morgan fingerprint density at radius 1 is 1.15 bits per heavy atom. The summed E-state index contributed by atoms with van der Waals surface area (Å²) >= 11 is 0. The summed E-state index contributed by atoms with van der Waals surface area (Å²) in [7, 11) is 0. The number of Topliss-reactive ketones (excluding diaryl/α,β-unsaturated/α-hetero) is 1. The molecule has 5 nitrogen and oxygen atoms in total. The van der Waals surface area contributed by atoms with Crippen molar-refractivity contribution in [2.45, 2.75) is 97.5 Å². The van der Waals surface area contributed by atoms with Crippen LogP contribution in [0.3, 0.4) is 0 Å². The molecule has 2 heterocycles. The molecule has 0 aromatic heterocycles. The molecule has 1 aromatic rings. The zero-order chi connectivity index (χ0) is 27.4. The Hall–Kier alpha value is -2.50. The fourth-order valence-electron chi connectivity index (χ4n) is 5.52. The average molecular weight is 558 g/mol. The highest BCUT2D eigenvalue weighted by Gasteiger charge is 2.36. The van der Waals surface area contributed by atoms with E-state index in [1.807, 2.05) is 18.2 Å². The average Bonchev–Trinajstić information content (AvgIpc) is 3.21. The van der Waals surface area contributed by atoms with Crippen molar-refractivity contribution >= 4 is 18.2 Å². The highest BCUT2D eigenvalue weighted by Crippen LogP contribution is 2.46. The lowest BCUT2D eigenvalue weighted by molar-refractivity contribution is 0.0972. The van der Waals surface area contributed by atoms with Gasteiger partial charge in [-0.15, -0.1) is 12.4 Å². The first-order valence-electron chi connectivity index (χ1n) is 14.4. The minimum atomic E-state index is -0.120. The number of hydrogen-bond donors (Lipinski definition) is 1. The molecule has 3 aliphatic rings. The number of carbonyl (C=O) groups excluding carboxylic acids is 1. The Balaban J connectivity index is 0.00000280. The Morgan fingerprint density at radius 2 is 1.85 bits per heavy atom. The summed E-state index contributed by atoms with van der Waals surface area (Å²) in [5.74, 6) is 1.69. The number of halogens is 1. The molecular weight excluding hydrogens is 510 g/mol. The maximum atomic E-state index is 13.6. The van der Waals surface area contributed by atoms with E-state index in [9.17, 15) is 4.79 Å². The maximum Gasteiger partial charge on any atom is 0.164 e. The van der Waals surface area contributed by atoms with E-state index in [2.05, 4.69) is 58.4 Å². The molecule has 0 spiro atoms. The smallest absolute Gasteiger partial charge is 0.164 e. The lowest BCUT2D eigenvalue weighted by atomic mass is 9.84. The number of ether oxygens (including phenoxy) is 2. The number of hydrogen-bond acceptors (Lipinski definition) is 5. The topological polar surface area (TPSA) is 59.0 Å². The molecule has 0 saturated heterocycles. The Kier molecular flexibility index (Phi) is 10.5. The number of fused-ring (bicyclic) bond motifs is 2. The first-order chi connectivity index (χ1) is 18.2. The fourth-order valence-corrected chi connectivity index (χ4v) is 5.52. The number of rotatable bonds is 11. The van der Waals surface area contributed by atoms with E-state index in [1.54, 1.807) is 0 Å². The van der Waals surface area contributed by atoms with Crippen molar-refractivity contribution in [3.63, 3.8) is 0 Å². The first kappa shape index (κ1) is 31.0. The van der Waals surface area contributed by atoms with Crippen molar-refractivity contribution in [1.29, 1.82) is 0 Å². The van der Waals surface area contributed by atoms with Gasteiger partial charge in [0, 0.05) is 49.3 Å². The summed E-state index contributed by atoms with van der Waals surface area (Å²) in [4.78, 5) is 15.8. The van der Waals surface area contributed by atoms with E-state index in [1.165, 1.54) is 29.7 Å². The Labute approximate surface area is 242 Å². The van der Waals surface area contributed by atoms with Crippen LogP contribution in [0.25, 0.3) is 0 Å². The summed E-state index contributed by atoms with van der Waals surface area (Å²) in [6.45, 7) is 15.7. The van der Waals surface area contributed by atoms with E-state index in [0.29, 0.717) is 30.8 Å². The molecule has 216 valence electrons. The van der Waals surface area contributed by atoms with Crippen molar-refractivity contribution in [2.24, 2.45) is 5.92 Å². The summed E-state index contributed by atoms with van der Waals surface area (Å²) in [5, 5.41) is 9.13. The maximum absolute atomic E-state index is 13.6. The van der Waals surface area contributed by atoms with Gasteiger partial charge >= 0.3 is 0 Å². The van der Waals surface area contributed by atoms with E-state index < -0.39 is 0 Å². The summed E-state index contributed by atoms with van der Waals surface area (Å²) in [6.07, 6.45) is 11.9. The second kappa shape index (κ2) is 13.2. The van der Waals surface area contributed by atoms with Gasteiger partial charge in [0.05, 0.1) is 18.9 Å². The van der Waals surface area contributed by atoms with Gasteiger partial charge < -0.3 is 19.5 Å². The third kappa shape index (κ3) is 6.99. The molecule has 39 heavy (non-hydrogen) atoms. The van der Waals surface area contributed by atoms with Crippen LogP contribution >= 0.6 is 12.4 Å². The zero-order valence-corrected chi connectivity index (χ0v) is 25.2. The third-order valence-corrected chi connectivity index (χ3v) is 7.95. The number of ketones is 1. The Bertz CT molecular complexity index is 1160. The largest absolute Gasteiger partial charge is 0.493 e. The number of aliphatic hydroxyl groups excluding tert-OH is 1. The van der Waals surface area contributed by atoms with Gasteiger partial charge in [-0.05, 0) is 73.3 Å². The molecule has 1 aromatic carbocycles. The molecule has 0 saturated carbocycles. The van der Waals surface area contributed by atoms with Crippen LogP contribution in [0, 0.1) is 5.92 Å². The van der Waals surface area contributed by atoms with Crippen molar-refractivity contribution in [3.05, 3.63) is 76.5 Å². The fraction of sp³-hybridized carbons (Fsp3) is 0.545. The molecule has 0 fully saturated rings. The molecule has 0 bridgehead atoms. The monoisotopic (exact) mass is 557 g/mol. The predicted molar refractivity (Wildman–Crippen MR) is 162 cm³/mol. The summed E-state index contributed by atoms with van der Waals surface area (Å²) in [5.41, 5.74) is 6.44. The van der Waals surface area contributed by atoms with Gasteiger partial charge in [0.15, 0.2) is 5.78 Å². The SMILES string of the molecule is C=C1C(CC(=O)c2cc(OCCCO)cc(C(C)(C)C)c2)C=C2C3=C(CCCC3)C(OC(CC)CC)=CN12.Cl.[HH]. The zero-order valence-electron chi connectivity index (χ0n) is 24.3. The van der Waals surface area contributed by atoms with Crippen molar-refractivity contribution in [1.82, 2.24) is 4.90 Å².